The first-order chi connectivity index (χ1) is 10.9. The van der Waals surface area contributed by atoms with Crippen LogP contribution in [0.3, 0.4) is 0 Å². The topological polar surface area (TPSA) is 44.8 Å². The van der Waals surface area contributed by atoms with Crippen LogP contribution in [0.1, 0.15) is 0 Å². The molecule has 0 aromatic heterocycles. The van der Waals surface area contributed by atoms with E-state index >= 15 is 0 Å². The van der Waals surface area contributed by atoms with Crippen LogP contribution in [-0.4, -0.2) is 22.7 Å². The fourth-order valence-corrected chi connectivity index (χ4v) is 2.24. The van der Waals surface area contributed by atoms with Gasteiger partial charge in [-0.05, 0) is 24.3 Å². The third-order valence-electron chi connectivity index (χ3n) is 2.84. The van der Waals surface area contributed by atoms with E-state index in [2.05, 4.69) is 0 Å². The molecular weight excluding hydrogens is 363 g/mol. The van der Waals surface area contributed by atoms with Crippen LogP contribution in [0.4, 0.5) is 0 Å². The molecule has 2 aromatic rings. The summed E-state index contributed by atoms with van der Waals surface area (Å²) < 4.78 is 13.7. The second-order valence-corrected chi connectivity index (χ2v) is 6.72. The third-order valence-corrected chi connectivity index (χ3v) is 3.58. The maximum atomic E-state index is 12.4. The number of methoxy groups -OCH3 is 1. The van der Waals surface area contributed by atoms with E-state index in [1.807, 2.05) is 0 Å². The van der Waals surface area contributed by atoms with E-state index in [0.717, 1.165) is 7.11 Å². The molecule has 0 atom stereocenters. The molecule has 0 fully saturated rings. The van der Waals surface area contributed by atoms with Gasteiger partial charge in [0.2, 0.25) is 0 Å². The molecular formula is C16H13Cl3O4. The lowest BCUT2D eigenvalue weighted by atomic mass is 10.2. The summed E-state index contributed by atoms with van der Waals surface area (Å²) in [6.07, 6.45) is 0. The molecule has 2 rings (SSSR count). The number of alkyl halides is 3. The number of esters is 1. The smallest absolute Gasteiger partial charge is 0.400 e. The summed E-state index contributed by atoms with van der Waals surface area (Å²) in [7, 11) is 1.15. The first-order valence-electron chi connectivity index (χ1n) is 6.52. The molecule has 2 aromatic carbocycles. The van der Waals surface area contributed by atoms with Gasteiger partial charge in [0.1, 0.15) is 11.5 Å². The second kappa shape index (κ2) is 7.30. The van der Waals surface area contributed by atoms with Crippen molar-refractivity contribution in [3.63, 3.8) is 0 Å². The van der Waals surface area contributed by atoms with Gasteiger partial charge in [-0.15, -0.1) is 0 Å². The molecule has 0 unspecified atom stereocenters. The van der Waals surface area contributed by atoms with Crippen molar-refractivity contribution in [2.45, 2.75) is 9.58 Å². The SMILES string of the molecule is COC(=O)C(Oc1ccccc1)(Oc1ccccc1)C(Cl)(Cl)Cl. The van der Waals surface area contributed by atoms with Gasteiger partial charge in [-0.25, -0.2) is 4.79 Å². The van der Waals surface area contributed by atoms with E-state index in [4.69, 9.17) is 49.0 Å². The summed E-state index contributed by atoms with van der Waals surface area (Å²) in [6, 6.07) is 16.8. The lowest BCUT2D eigenvalue weighted by Gasteiger charge is -2.36. The van der Waals surface area contributed by atoms with Gasteiger partial charge in [-0.1, -0.05) is 71.2 Å². The van der Waals surface area contributed by atoms with E-state index in [1.54, 1.807) is 60.7 Å². The molecule has 0 heterocycles. The maximum absolute atomic E-state index is 12.4. The maximum Gasteiger partial charge on any atom is 0.400 e. The summed E-state index contributed by atoms with van der Waals surface area (Å²) in [5.41, 5.74) is 0. The molecule has 0 radical (unpaired) electrons. The second-order valence-electron chi connectivity index (χ2n) is 4.44. The predicted octanol–water partition coefficient (Wildman–Crippen LogP) is 4.38. The lowest BCUT2D eigenvalue weighted by Crippen LogP contribution is -2.60. The van der Waals surface area contributed by atoms with Crippen molar-refractivity contribution in [1.29, 1.82) is 0 Å². The molecule has 7 heteroatoms. The fourth-order valence-electron chi connectivity index (χ4n) is 1.78. The Kier molecular flexibility index (Phi) is 5.63. The van der Waals surface area contributed by atoms with Crippen LogP contribution in [0.2, 0.25) is 0 Å². The molecule has 0 amide bonds. The van der Waals surface area contributed by atoms with Gasteiger partial charge in [-0.3, -0.25) is 0 Å². The van der Waals surface area contributed by atoms with Crippen LogP contribution in [0.25, 0.3) is 0 Å². The van der Waals surface area contributed by atoms with E-state index < -0.39 is 15.5 Å². The highest BCUT2D eigenvalue weighted by molar-refractivity contribution is 6.69. The molecule has 4 nitrogen and oxygen atoms in total. The number of halogens is 3. The Morgan fingerprint density at radius 1 is 0.826 bits per heavy atom. The zero-order chi connectivity index (χ0) is 16.9. The molecule has 23 heavy (non-hydrogen) atoms. The molecule has 0 aliphatic heterocycles. The van der Waals surface area contributed by atoms with Crippen LogP contribution in [0.5, 0.6) is 11.5 Å². The Hall–Kier alpha value is -1.62. The van der Waals surface area contributed by atoms with Crippen LogP contribution < -0.4 is 9.47 Å². The minimum atomic E-state index is -2.31. The molecule has 0 aliphatic carbocycles. The van der Waals surface area contributed by atoms with Gasteiger partial charge < -0.3 is 14.2 Å². The van der Waals surface area contributed by atoms with E-state index in [1.165, 1.54) is 0 Å². The number of ether oxygens (including phenoxy) is 3. The van der Waals surface area contributed by atoms with Crippen LogP contribution in [0.15, 0.2) is 60.7 Å². The highest BCUT2D eigenvalue weighted by atomic mass is 35.6. The summed E-state index contributed by atoms with van der Waals surface area (Å²) in [5, 5.41) is 0. The first-order valence-corrected chi connectivity index (χ1v) is 7.66. The number of benzene rings is 2. The predicted molar refractivity (Wildman–Crippen MR) is 89.2 cm³/mol. The highest BCUT2D eigenvalue weighted by Gasteiger charge is 2.62. The number of para-hydroxylation sites is 2. The zero-order valence-corrected chi connectivity index (χ0v) is 14.3. The highest BCUT2D eigenvalue weighted by Crippen LogP contribution is 2.43. The molecule has 0 saturated heterocycles. The Balaban J connectivity index is 2.48. The minimum absolute atomic E-state index is 0.278. The molecule has 122 valence electrons. The summed E-state index contributed by atoms with van der Waals surface area (Å²) in [6.45, 7) is 0. The number of hydrogen-bond donors (Lipinski definition) is 0. The lowest BCUT2D eigenvalue weighted by molar-refractivity contribution is -0.188. The van der Waals surface area contributed by atoms with Crippen LogP contribution in [-0.2, 0) is 9.53 Å². The van der Waals surface area contributed by atoms with E-state index in [0.29, 0.717) is 0 Å². The minimum Gasteiger partial charge on any atom is -0.463 e. The van der Waals surface area contributed by atoms with Crippen molar-refractivity contribution in [2.75, 3.05) is 7.11 Å². The van der Waals surface area contributed by atoms with Crippen LogP contribution in [0, 0.1) is 0 Å². The van der Waals surface area contributed by atoms with Gasteiger partial charge in [0.15, 0.2) is 0 Å². The largest absolute Gasteiger partial charge is 0.463 e. The molecule has 0 aliphatic rings. The molecule has 0 N–H and O–H groups in total. The van der Waals surface area contributed by atoms with E-state index in [9.17, 15) is 4.79 Å². The summed E-state index contributed by atoms with van der Waals surface area (Å²) >= 11 is 18.0. The number of carbonyl (C=O) groups is 1. The van der Waals surface area contributed by atoms with Gasteiger partial charge >= 0.3 is 11.8 Å². The Bertz CT molecular complexity index is 600. The van der Waals surface area contributed by atoms with Gasteiger partial charge in [-0.2, -0.15) is 0 Å². The quantitative estimate of drug-likeness (QED) is 0.442. The fraction of sp³-hybridized carbons (Fsp3) is 0.188. The summed E-state index contributed by atoms with van der Waals surface area (Å²) in [4.78, 5) is 12.4. The van der Waals surface area contributed by atoms with Crippen molar-refractivity contribution in [3.8, 4) is 11.5 Å². The standard InChI is InChI=1S/C16H13Cl3O4/c1-21-14(20)15(16(17,18)19,22-12-8-4-2-5-9-12)23-13-10-6-3-7-11-13/h2-11H,1H3. The Labute approximate surface area is 148 Å². The number of rotatable bonds is 5. The molecule has 0 bridgehead atoms. The van der Waals surface area contributed by atoms with Gasteiger partial charge in [0.05, 0.1) is 7.11 Å². The van der Waals surface area contributed by atoms with Gasteiger partial charge in [0, 0.05) is 0 Å². The Morgan fingerprint density at radius 3 is 1.52 bits per heavy atom. The first kappa shape index (κ1) is 17.7. The van der Waals surface area contributed by atoms with Crippen molar-refractivity contribution >= 4 is 40.8 Å². The number of hydrogen-bond acceptors (Lipinski definition) is 4. The van der Waals surface area contributed by atoms with Crippen LogP contribution >= 0.6 is 34.8 Å². The normalized spacial score (nSPS) is 11.7. The Morgan fingerprint density at radius 2 is 1.22 bits per heavy atom. The monoisotopic (exact) mass is 374 g/mol. The average molecular weight is 376 g/mol. The van der Waals surface area contributed by atoms with Crippen molar-refractivity contribution in [1.82, 2.24) is 0 Å². The zero-order valence-electron chi connectivity index (χ0n) is 12.0. The number of carbonyl (C=O) groups excluding carboxylic acids is 1. The molecule has 0 saturated carbocycles. The molecule has 0 spiro atoms. The van der Waals surface area contributed by atoms with E-state index in [-0.39, 0.29) is 11.5 Å². The van der Waals surface area contributed by atoms with Crippen molar-refractivity contribution in [2.24, 2.45) is 0 Å². The third kappa shape index (κ3) is 4.02. The van der Waals surface area contributed by atoms with Crippen molar-refractivity contribution < 1.29 is 19.0 Å². The average Bonchev–Trinajstić information content (AvgIpc) is 2.54. The summed E-state index contributed by atoms with van der Waals surface area (Å²) in [5.74, 6) is -2.74. The van der Waals surface area contributed by atoms with Gasteiger partial charge in [0.25, 0.3) is 3.79 Å². The van der Waals surface area contributed by atoms with Crippen molar-refractivity contribution in [3.05, 3.63) is 60.7 Å².